The summed E-state index contributed by atoms with van der Waals surface area (Å²) in [5, 5.41) is 0. The van der Waals surface area contributed by atoms with Crippen molar-refractivity contribution in [3.63, 3.8) is 0 Å². The van der Waals surface area contributed by atoms with Gasteiger partial charge in [-0.1, -0.05) is 97.3 Å². The van der Waals surface area contributed by atoms with E-state index in [-0.39, 0.29) is 0 Å². The van der Waals surface area contributed by atoms with Crippen LogP contribution in [0.1, 0.15) is 110 Å². The predicted molar refractivity (Wildman–Crippen MR) is 94.6 cm³/mol. The van der Waals surface area contributed by atoms with E-state index in [9.17, 15) is 0 Å². The minimum absolute atomic E-state index is 0.832. The molecule has 0 heterocycles. The average molecular weight is 300 g/mol. The second kappa shape index (κ2) is 19.9. The zero-order valence-electron chi connectivity index (χ0n) is 14.9. The molecule has 0 saturated heterocycles. The lowest BCUT2D eigenvalue weighted by Crippen LogP contribution is -2.16. The monoisotopic (exact) mass is 299 g/mol. The van der Waals surface area contributed by atoms with Gasteiger partial charge in [-0.15, -0.1) is 0 Å². The highest BCUT2D eigenvalue weighted by Crippen LogP contribution is 2.12. The van der Waals surface area contributed by atoms with Crippen molar-refractivity contribution in [2.24, 2.45) is 0 Å². The van der Waals surface area contributed by atoms with Crippen LogP contribution in [-0.4, -0.2) is 13.2 Å². The van der Waals surface area contributed by atoms with E-state index in [4.69, 9.17) is 4.84 Å². The fourth-order valence-electron chi connectivity index (χ4n) is 2.64. The maximum atomic E-state index is 5.25. The Kier molecular flexibility index (Phi) is 19.8. The van der Waals surface area contributed by atoms with Crippen LogP contribution in [0, 0.1) is 0 Å². The van der Waals surface area contributed by atoms with Gasteiger partial charge < -0.3 is 4.84 Å². The van der Waals surface area contributed by atoms with E-state index in [0.717, 1.165) is 19.6 Å². The highest BCUT2D eigenvalue weighted by atomic mass is 16.6. The van der Waals surface area contributed by atoms with Crippen molar-refractivity contribution >= 4 is 0 Å². The lowest BCUT2D eigenvalue weighted by atomic mass is 10.0. The maximum Gasteiger partial charge on any atom is 0.0679 e. The van der Waals surface area contributed by atoms with Crippen molar-refractivity contribution in [2.75, 3.05) is 13.2 Å². The fraction of sp³-hybridized carbons (Fsp3) is 1.00. The fourth-order valence-corrected chi connectivity index (χ4v) is 2.64. The predicted octanol–water partition coefficient (Wildman–Crippen LogP) is 6.40. The summed E-state index contributed by atoms with van der Waals surface area (Å²) in [5.41, 5.74) is 3.03. The molecular formula is C19H41NO. The van der Waals surface area contributed by atoms with Gasteiger partial charge in [0.25, 0.3) is 0 Å². The zero-order valence-corrected chi connectivity index (χ0v) is 14.9. The minimum atomic E-state index is 0.832. The van der Waals surface area contributed by atoms with Crippen molar-refractivity contribution in [1.82, 2.24) is 5.48 Å². The van der Waals surface area contributed by atoms with Gasteiger partial charge in [-0.25, -0.2) is 5.48 Å². The number of hydrogen-bond acceptors (Lipinski definition) is 2. The second-order valence-corrected chi connectivity index (χ2v) is 6.34. The Balaban J connectivity index is 2.90. The standard InChI is InChI=1S/C19H41NO/c1-3-5-6-7-8-9-10-11-12-13-14-15-16-17-18-20-21-19-4-2/h20H,3-19H2,1-2H3. The van der Waals surface area contributed by atoms with E-state index in [0.29, 0.717) is 0 Å². The van der Waals surface area contributed by atoms with Gasteiger partial charge in [-0.05, 0) is 12.8 Å². The number of hydrogen-bond donors (Lipinski definition) is 1. The highest BCUT2D eigenvalue weighted by molar-refractivity contribution is 4.49. The third-order valence-corrected chi connectivity index (χ3v) is 4.04. The maximum absolute atomic E-state index is 5.25. The van der Waals surface area contributed by atoms with Gasteiger partial charge in [0, 0.05) is 6.54 Å². The van der Waals surface area contributed by atoms with E-state index in [1.165, 1.54) is 89.9 Å². The SMILES string of the molecule is CCCCCCCCCCCCCCCCNOCCC. The van der Waals surface area contributed by atoms with Gasteiger partial charge in [0.2, 0.25) is 0 Å². The second-order valence-electron chi connectivity index (χ2n) is 6.34. The van der Waals surface area contributed by atoms with Gasteiger partial charge in [-0.3, -0.25) is 0 Å². The van der Waals surface area contributed by atoms with Crippen LogP contribution in [0.4, 0.5) is 0 Å². The van der Waals surface area contributed by atoms with Crippen LogP contribution in [0.2, 0.25) is 0 Å². The summed E-state index contributed by atoms with van der Waals surface area (Å²) in [4.78, 5) is 5.25. The summed E-state index contributed by atoms with van der Waals surface area (Å²) in [6.07, 6.45) is 21.0. The Bertz CT molecular complexity index is 155. The Morgan fingerprint density at radius 2 is 0.952 bits per heavy atom. The quantitative estimate of drug-likeness (QED) is 0.233. The van der Waals surface area contributed by atoms with Crippen molar-refractivity contribution in [2.45, 2.75) is 110 Å². The summed E-state index contributed by atoms with van der Waals surface area (Å²) >= 11 is 0. The lowest BCUT2D eigenvalue weighted by molar-refractivity contribution is 0.0407. The van der Waals surface area contributed by atoms with Crippen LogP contribution in [0.25, 0.3) is 0 Å². The van der Waals surface area contributed by atoms with Crippen molar-refractivity contribution in [1.29, 1.82) is 0 Å². The molecule has 0 fully saturated rings. The molecule has 0 aliphatic heterocycles. The molecule has 0 saturated carbocycles. The Morgan fingerprint density at radius 1 is 0.524 bits per heavy atom. The first-order valence-corrected chi connectivity index (χ1v) is 9.76. The van der Waals surface area contributed by atoms with Crippen LogP contribution < -0.4 is 5.48 Å². The van der Waals surface area contributed by atoms with E-state index in [1.54, 1.807) is 0 Å². The van der Waals surface area contributed by atoms with Crippen LogP contribution in [0.5, 0.6) is 0 Å². The smallest absolute Gasteiger partial charge is 0.0679 e. The molecule has 0 unspecified atom stereocenters. The van der Waals surface area contributed by atoms with Crippen molar-refractivity contribution in [3.05, 3.63) is 0 Å². The third-order valence-electron chi connectivity index (χ3n) is 4.04. The van der Waals surface area contributed by atoms with Gasteiger partial charge in [0.05, 0.1) is 6.61 Å². The van der Waals surface area contributed by atoms with Crippen molar-refractivity contribution < 1.29 is 4.84 Å². The molecule has 2 nitrogen and oxygen atoms in total. The normalized spacial score (nSPS) is 11.1. The Labute approximate surface area is 134 Å². The number of hydroxylamine groups is 1. The van der Waals surface area contributed by atoms with E-state index in [1.807, 2.05) is 0 Å². The molecule has 0 aliphatic carbocycles. The molecule has 0 amide bonds. The van der Waals surface area contributed by atoms with Crippen LogP contribution in [0.3, 0.4) is 0 Å². The molecule has 0 aromatic heterocycles. The molecule has 21 heavy (non-hydrogen) atoms. The average Bonchev–Trinajstić information content (AvgIpc) is 2.50. The summed E-state index contributed by atoms with van der Waals surface area (Å²) in [5.74, 6) is 0. The molecule has 128 valence electrons. The molecule has 0 atom stereocenters. The summed E-state index contributed by atoms with van der Waals surface area (Å²) in [7, 11) is 0. The Morgan fingerprint density at radius 3 is 1.38 bits per heavy atom. The molecule has 1 N–H and O–H groups in total. The van der Waals surface area contributed by atoms with E-state index >= 15 is 0 Å². The van der Waals surface area contributed by atoms with E-state index < -0.39 is 0 Å². The van der Waals surface area contributed by atoms with Crippen LogP contribution in [0.15, 0.2) is 0 Å². The summed E-state index contributed by atoms with van der Waals surface area (Å²) in [6, 6.07) is 0. The van der Waals surface area contributed by atoms with Gasteiger partial charge in [-0.2, -0.15) is 0 Å². The summed E-state index contributed by atoms with van der Waals surface area (Å²) in [6.45, 7) is 6.27. The van der Waals surface area contributed by atoms with Crippen LogP contribution in [-0.2, 0) is 4.84 Å². The molecule has 0 aromatic carbocycles. The Hall–Kier alpha value is -0.0800. The third kappa shape index (κ3) is 19.9. The number of rotatable bonds is 18. The zero-order chi connectivity index (χ0) is 15.4. The number of unbranched alkanes of at least 4 members (excludes halogenated alkanes) is 13. The first-order valence-electron chi connectivity index (χ1n) is 9.76. The molecule has 2 heteroatoms. The van der Waals surface area contributed by atoms with Crippen LogP contribution >= 0.6 is 0 Å². The van der Waals surface area contributed by atoms with Gasteiger partial charge in [0.15, 0.2) is 0 Å². The highest BCUT2D eigenvalue weighted by Gasteiger charge is 1.94. The van der Waals surface area contributed by atoms with Gasteiger partial charge >= 0.3 is 0 Å². The number of nitrogens with one attached hydrogen (secondary N) is 1. The molecule has 0 rings (SSSR count). The van der Waals surface area contributed by atoms with E-state index in [2.05, 4.69) is 19.3 Å². The molecule has 0 spiro atoms. The minimum Gasteiger partial charge on any atom is -0.302 e. The largest absolute Gasteiger partial charge is 0.302 e. The molecule has 0 aliphatic rings. The molecule has 0 aromatic rings. The topological polar surface area (TPSA) is 21.3 Å². The first-order chi connectivity index (χ1) is 10.4. The first kappa shape index (κ1) is 20.9. The molecule has 0 bridgehead atoms. The van der Waals surface area contributed by atoms with Gasteiger partial charge in [0.1, 0.15) is 0 Å². The summed E-state index contributed by atoms with van der Waals surface area (Å²) < 4.78 is 0. The van der Waals surface area contributed by atoms with Crippen molar-refractivity contribution in [3.8, 4) is 0 Å². The molecule has 0 radical (unpaired) electrons. The lowest BCUT2D eigenvalue weighted by Gasteiger charge is -2.05. The molecular weight excluding hydrogens is 258 g/mol.